The monoisotopic (exact) mass is 719 g/mol. The summed E-state index contributed by atoms with van der Waals surface area (Å²) in [5.74, 6) is 0. The van der Waals surface area contributed by atoms with E-state index < -0.39 is 0 Å². The maximum absolute atomic E-state index is 6.57. The summed E-state index contributed by atoms with van der Waals surface area (Å²) in [6.07, 6.45) is 0. The van der Waals surface area contributed by atoms with Crippen molar-refractivity contribution in [3.8, 4) is 44.5 Å². The highest BCUT2D eigenvalue weighted by atomic mass is 16.3. The standard InChI is InChI=1S/C54H41NO/c1-53(2)46-22-11-8-17-39(46)41-28-26-36(32-48(41)53)55(37-27-29-42-40-18-9-12-23-47(40)54(3,4)49(42)33-37)50-30-25-35(31-45(50)34-15-6-5-7-16-34)38-20-14-21-44-43-19-10-13-24-51(43)56-52(38)44/h5-33H,1-4H3. The molecule has 0 fully saturated rings. The second kappa shape index (κ2) is 11.9. The van der Waals surface area contributed by atoms with Gasteiger partial charge in [-0.25, -0.2) is 0 Å². The minimum atomic E-state index is -0.132. The Hall–Kier alpha value is -6.64. The molecule has 0 atom stereocenters. The number of fused-ring (bicyclic) bond motifs is 9. The van der Waals surface area contributed by atoms with E-state index in [1.54, 1.807) is 0 Å². The number of benzene rings is 8. The number of hydrogen-bond acceptors (Lipinski definition) is 2. The molecule has 2 aliphatic rings. The summed E-state index contributed by atoms with van der Waals surface area (Å²) in [5.41, 5.74) is 20.2. The zero-order valence-electron chi connectivity index (χ0n) is 32.1. The van der Waals surface area contributed by atoms with E-state index in [1.807, 2.05) is 6.07 Å². The summed E-state index contributed by atoms with van der Waals surface area (Å²) in [6, 6.07) is 64.6. The van der Waals surface area contributed by atoms with Crippen molar-refractivity contribution in [2.75, 3.05) is 4.90 Å². The van der Waals surface area contributed by atoms with Gasteiger partial charge in [0.15, 0.2) is 0 Å². The predicted molar refractivity (Wildman–Crippen MR) is 234 cm³/mol. The normalized spacial score (nSPS) is 14.4. The number of anilines is 3. The minimum Gasteiger partial charge on any atom is -0.455 e. The molecule has 2 heteroatoms. The molecule has 9 aromatic rings. The molecule has 0 unspecified atom stereocenters. The highest BCUT2D eigenvalue weighted by Crippen LogP contribution is 2.54. The molecule has 1 aromatic heterocycles. The first-order valence-corrected chi connectivity index (χ1v) is 19.7. The lowest BCUT2D eigenvalue weighted by atomic mass is 9.82. The third-order valence-electron chi connectivity index (χ3n) is 12.7. The van der Waals surface area contributed by atoms with Crippen LogP contribution in [0.4, 0.5) is 17.1 Å². The predicted octanol–water partition coefficient (Wildman–Crippen LogP) is 15.0. The van der Waals surface area contributed by atoms with Gasteiger partial charge in [0.1, 0.15) is 11.2 Å². The number of para-hydroxylation sites is 2. The SMILES string of the molecule is CC1(C)c2ccccc2-c2ccc(N(c3ccc4c(c3)C(C)(C)c3ccccc3-4)c3ccc(-c4cccc5c4oc4ccccc45)cc3-c3ccccc3)cc21. The van der Waals surface area contributed by atoms with Gasteiger partial charge in [-0.3, -0.25) is 0 Å². The zero-order valence-corrected chi connectivity index (χ0v) is 32.1. The van der Waals surface area contributed by atoms with Gasteiger partial charge in [0, 0.05) is 44.1 Å². The van der Waals surface area contributed by atoms with E-state index >= 15 is 0 Å². The molecule has 0 aliphatic heterocycles. The second-order valence-electron chi connectivity index (χ2n) is 16.5. The fraction of sp³-hybridized carbons (Fsp3) is 0.111. The van der Waals surface area contributed by atoms with Crippen molar-refractivity contribution in [2.45, 2.75) is 38.5 Å². The number of furan rings is 1. The van der Waals surface area contributed by atoms with E-state index in [0.29, 0.717) is 0 Å². The van der Waals surface area contributed by atoms with Crippen LogP contribution >= 0.6 is 0 Å². The molecule has 268 valence electrons. The van der Waals surface area contributed by atoms with E-state index in [1.165, 1.54) is 44.5 Å². The molecule has 8 aromatic carbocycles. The van der Waals surface area contributed by atoms with E-state index in [9.17, 15) is 0 Å². The summed E-state index contributed by atoms with van der Waals surface area (Å²) >= 11 is 0. The summed E-state index contributed by atoms with van der Waals surface area (Å²) < 4.78 is 6.57. The maximum atomic E-state index is 6.57. The molecule has 0 bridgehead atoms. The molecule has 0 spiro atoms. The molecule has 0 saturated carbocycles. The smallest absolute Gasteiger partial charge is 0.143 e. The van der Waals surface area contributed by atoms with Crippen LogP contribution in [0.15, 0.2) is 180 Å². The topological polar surface area (TPSA) is 16.4 Å². The Balaban J connectivity index is 1.16. The van der Waals surface area contributed by atoms with Gasteiger partial charge in [-0.1, -0.05) is 161 Å². The van der Waals surface area contributed by atoms with Gasteiger partial charge < -0.3 is 9.32 Å². The summed E-state index contributed by atoms with van der Waals surface area (Å²) in [5, 5.41) is 2.27. The molecular weight excluding hydrogens is 679 g/mol. The first kappa shape index (κ1) is 32.8. The maximum Gasteiger partial charge on any atom is 0.143 e. The Bertz CT molecular complexity index is 2930. The van der Waals surface area contributed by atoms with Gasteiger partial charge in [-0.2, -0.15) is 0 Å². The van der Waals surface area contributed by atoms with Crippen LogP contribution in [0.3, 0.4) is 0 Å². The van der Waals surface area contributed by atoms with E-state index in [2.05, 4.69) is 202 Å². The van der Waals surface area contributed by atoms with Crippen LogP contribution < -0.4 is 4.90 Å². The van der Waals surface area contributed by atoms with E-state index in [0.717, 1.165) is 61.3 Å². The quantitative estimate of drug-likeness (QED) is 0.176. The average Bonchev–Trinajstić information content (AvgIpc) is 3.81. The van der Waals surface area contributed by atoms with Gasteiger partial charge in [0.25, 0.3) is 0 Å². The Morgan fingerprint density at radius 2 is 0.911 bits per heavy atom. The van der Waals surface area contributed by atoms with E-state index in [-0.39, 0.29) is 10.8 Å². The van der Waals surface area contributed by atoms with Crippen molar-refractivity contribution < 1.29 is 4.42 Å². The molecule has 0 N–H and O–H groups in total. The van der Waals surface area contributed by atoms with Crippen molar-refractivity contribution in [1.82, 2.24) is 0 Å². The van der Waals surface area contributed by atoms with Gasteiger partial charge in [-0.05, 0) is 98.1 Å². The Labute approximate surface area is 328 Å². The van der Waals surface area contributed by atoms with Crippen LogP contribution in [0.1, 0.15) is 49.9 Å². The lowest BCUT2D eigenvalue weighted by Gasteiger charge is -2.31. The third kappa shape index (κ3) is 4.69. The zero-order chi connectivity index (χ0) is 37.8. The van der Waals surface area contributed by atoms with Crippen LogP contribution in [0.5, 0.6) is 0 Å². The van der Waals surface area contributed by atoms with E-state index in [4.69, 9.17) is 4.42 Å². The fourth-order valence-electron chi connectivity index (χ4n) is 9.81. The fourth-order valence-corrected chi connectivity index (χ4v) is 9.81. The van der Waals surface area contributed by atoms with Crippen LogP contribution in [-0.2, 0) is 10.8 Å². The van der Waals surface area contributed by atoms with Gasteiger partial charge >= 0.3 is 0 Å². The lowest BCUT2D eigenvalue weighted by molar-refractivity contribution is 0.660. The summed E-state index contributed by atoms with van der Waals surface area (Å²) in [7, 11) is 0. The number of nitrogens with zero attached hydrogens (tertiary/aromatic N) is 1. The molecule has 11 rings (SSSR count). The van der Waals surface area contributed by atoms with Crippen molar-refractivity contribution in [1.29, 1.82) is 0 Å². The second-order valence-corrected chi connectivity index (χ2v) is 16.5. The molecule has 2 aliphatic carbocycles. The van der Waals surface area contributed by atoms with Crippen LogP contribution in [0, 0.1) is 0 Å². The van der Waals surface area contributed by atoms with Crippen LogP contribution in [0.2, 0.25) is 0 Å². The Morgan fingerprint density at radius 1 is 0.375 bits per heavy atom. The molecule has 0 amide bonds. The first-order valence-electron chi connectivity index (χ1n) is 19.7. The summed E-state index contributed by atoms with van der Waals surface area (Å²) in [6.45, 7) is 9.46. The van der Waals surface area contributed by atoms with Crippen molar-refractivity contribution >= 4 is 39.0 Å². The van der Waals surface area contributed by atoms with Crippen molar-refractivity contribution in [3.63, 3.8) is 0 Å². The number of rotatable bonds is 5. The molecular formula is C54H41NO. The highest BCUT2D eigenvalue weighted by molar-refractivity contribution is 6.10. The summed E-state index contributed by atoms with van der Waals surface area (Å²) in [4.78, 5) is 2.49. The lowest BCUT2D eigenvalue weighted by Crippen LogP contribution is -2.18. The molecule has 56 heavy (non-hydrogen) atoms. The molecule has 0 saturated heterocycles. The minimum absolute atomic E-state index is 0.132. The van der Waals surface area contributed by atoms with Crippen LogP contribution in [-0.4, -0.2) is 0 Å². The first-order chi connectivity index (χ1) is 27.3. The van der Waals surface area contributed by atoms with Gasteiger partial charge in [0.05, 0.1) is 5.69 Å². The van der Waals surface area contributed by atoms with Gasteiger partial charge in [0.2, 0.25) is 0 Å². The van der Waals surface area contributed by atoms with Crippen molar-refractivity contribution in [3.05, 3.63) is 198 Å². The van der Waals surface area contributed by atoms with Crippen molar-refractivity contribution in [2.24, 2.45) is 0 Å². The number of hydrogen-bond donors (Lipinski definition) is 0. The third-order valence-corrected chi connectivity index (χ3v) is 12.7. The molecule has 1 heterocycles. The highest BCUT2D eigenvalue weighted by Gasteiger charge is 2.38. The Kier molecular flexibility index (Phi) is 6.98. The molecule has 2 nitrogen and oxygen atoms in total. The van der Waals surface area contributed by atoms with Gasteiger partial charge in [-0.15, -0.1) is 0 Å². The largest absolute Gasteiger partial charge is 0.455 e. The Morgan fingerprint density at radius 3 is 1.57 bits per heavy atom. The average molecular weight is 720 g/mol. The molecule has 0 radical (unpaired) electrons. The van der Waals surface area contributed by atoms with Crippen LogP contribution in [0.25, 0.3) is 66.4 Å².